The molecule has 1 aromatic carbocycles. The number of rotatable bonds is 5. The maximum absolute atomic E-state index is 12.5. The Hall–Kier alpha value is -1.39. The molecule has 0 spiro atoms. The lowest BCUT2D eigenvalue weighted by molar-refractivity contribution is -0.136. The molecule has 1 amide bonds. The van der Waals surface area contributed by atoms with Gasteiger partial charge in [-0.25, -0.2) is 0 Å². The Morgan fingerprint density at radius 1 is 1.12 bits per heavy atom. The fourth-order valence-electron chi connectivity index (χ4n) is 4.29. The van der Waals surface area contributed by atoms with Crippen LogP contribution in [-0.4, -0.2) is 66.4 Å². The molecule has 0 saturated carbocycles. The molecule has 0 radical (unpaired) electrons. The molecule has 0 N–H and O–H groups in total. The number of carbonyl (C=O) groups is 1. The van der Waals surface area contributed by atoms with Gasteiger partial charge >= 0.3 is 0 Å². The van der Waals surface area contributed by atoms with Crippen LogP contribution in [0.2, 0.25) is 0 Å². The molecule has 1 aromatic rings. The molecule has 3 rings (SSSR count). The van der Waals surface area contributed by atoms with Crippen LogP contribution in [0.1, 0.15) is 38.2 Å². The van der Waals surface area contributed by atoms with Gasteiger partial charge in [0.1, 0.15) is 0 Å². The minimum absolute atomic E-state index is 0.209. The monoisotopic (exact) mass is 343 g/mol. The largest absolute Gasteiger partial charge is 0.346 e. The van der Waals surface area contributed by atoms with Gasteiger partial charge in [0.15, 0.2) is 0 Å². The molecule has 1 unspecified atom stereocenters. The molecular formula is C21H33N3O. The number of likely N-dealkylation sites (tertiary alicyclic amines) is 2. The highest BCUT2D eigenvalue weighted by molar-refractivity contribution is 5.78. The summed E-state index contributed by atoms with van der Waals surface area (Å²) in [5.74, 6) is 0.551. The van der Waals surface area contributed by atoms with Crippen molar-refractivity contribution in [2.75, 3.05) is 39.8 Å². The van der Waals surface area contributed by atoms with Gasteiger partial charge in [-0.15, -0.1) is 0 Å². The first-order chi connectivity index (χ1) is 12.2. The van der Waals surface area contributed by atoms with Gasteiger partial charge in [0.2, 0.25) is 5.91 Å². The maximum atomic E-state index is 12.5. The Morgan fingerprint density at radius 2 is 1.84 bits per heavy atom. The van der Waals surface area contributed by atoms with Crippen LogP contribution in [0.3, 0.4) is 0 Å². The van der Waals surface area contributed by atoms with E-state index in [1.807, 2.05) is 11.9 Å². The van der Waals surface area contributed by atoms with E-state index in [0.717, 1.165) is 32.5 Å². The van der Waals surface area contributed by atoms with Gasteiger partial charge < -0.3 is 4.90 Å². The zero-order valence-corrected chi connectivity index (χ0v) is 15.9. The molecule has 2 heterocycles. The first kappa shape index (κ1) is 18.4. The predicted molar refractivity (Wildman–Crippen MR) is 102 cm³/mol. The van der Waals surface area contributed by atoms with Crippen LogP contribution in [0.25, 0.3) is 0 Å². The van der Waals surface area contributed by atoms with Crippen molar-refractivity contribution in [3.05, 3.63) is 35.9 Å². The van der Waals surface area contributed by atoms with E-state index in [2.05, 4.69) is 47.1 Å². The van der Waals surface area contributed by atoms with Crippen LogP contribution in [0.5, 0.6) is 0 Å². The van der Waals surface area contributed by atoms with E-state index in [1.165, 1.54) is 38.0 Å². The molecule has 0 bridgehead atoms. The second kappa shape index (κ2) is 8.81. The van der Waals surface area contributed by atoms with Gasteiger partial charge in [0, 0.05) is 32.7 Å². The first-order valence-electron chi connectivity index (χ1n) is 9.92. The van der Waals surface area contributed by atoms with Crippen molar-refractivity contribution >= 4 is 5.91 Å². The van der Waals surface area contributed by atoms with E-state index in [0.29, 0.717) is 11.9 Å². The molecule has 2 aliphatic heterocycles. The third-order valence-electron chi connectivity index (χ3n) is 5.98. The minimum Gasteiger partial charge on any atom is -0.346 e. The van der Waals surface area contributed by atoms with Crippen molar-refractivity contribution in [2.45, 2.75) is 45.2 Å². The van der Waals surface area contributed by atoms with Crippen LogP contribution >= 0.6 is 0 Å². The van der Waals surface area contributed by atoms with E-state index in [4.69, 9.17) is 0 Å². The Bertz CT molecular complexity index is 539. The summed E-state index contributed by atoms with van der Waals surface area (Å²) in [7, 11) is 1.93. The highest BCUT2D eigenvalue weighted by Gasteiger charge is 2.32. The summed E-state index contributed by atoms with van der Waals surface area (Å²) in [5, 5.41) is 0. The smallest absolute Gasteiger partial charge is 0.226 e. The summed E-state index contributed by atoms with van der Waals surface area (Å²) < 4.78 is 0. The zero-order chi connectivity index (χ0) is 17.6. The van der Waals surface area contributed by atoms with Gasteiger partial charge in [-0.3, -0.25) is 14.6 Å². The Balaban J connectivity index is 1.48. The van der Waals surface area contributed by atoms with Crippen molar-refractivity contribution in [3.63, 3.8) is 0 Å². The molecule has 2 aliphatic rings. The first-order valence-corrected chi connectivity index (χ1v) is 9.92. The molecule has 2 fully saturated rings. The summed E-state index contributed by atoms with van der Waals surface area (Å²) in [6.45, 7) is 8.41. The SMILES string of the molecule is CCN(C)C(=O)C1CCCN(C2CCN(Cc3ccccc3)CC2)C1. The third kappa shape index (κ3) is 4.83. The lowest BCUT2D eigenvalue weighted by Crippen LogP contribution is -2.50. The molecule has 1 atom stereocenters. The van der Waals surface area contributed by atoms with Crippen molar-refractivity contribution < 1.29 is 4.79 Å². The van der Waals surface area contributed by atoms with Gasteiger partial charge in [-0.05, 0) is 57.8 Å². The standard InChI is InChI=1S/C21H33N3O/c1-3-22(2)21(25)19-10-7-13-24(17-19)20-11-14-23(15-12-20)16-18-8-5-4-6-9-18/h4-6,8-9,19-20H,3,7,10-17H2,1-2H3. The average molecular weight is 344 g/mol. The maximum Gasteiger partial charge on any atom is 0.226 e. The summed E-state index contributed by atoms with van der Waals surface area (Å²) in [5.41, 5.74) is 1.41. The van der Waals surface area contributed by atoms with Crippen LogP contribution in [0.15, 0.2) is 30.3 Å². The van der Waals surface area contributed by atoms with E-state index in [-0.39, 0.29) is 5.92 Å². The van der Waals surface area contributed by atoms with Gasteiger partial charge in [0.25, 0.3) is 0 Å². The molecule has 138 valence electrons. The lowest BCUT2D eigenvalue weighted by atomic mass is 9.93. The summed E-state index contributed by atoms with van der Waals surface area (Å²) in [6, 6.07) is 11.4. The highest BCUT2D eigenvalue weighted by Crippen LogP contribution is 2.25. The Kier molecular flexibility index (Phi) is 6.49. The number of hydrogen-bond donors (Lipinski definition) is 0. The van der Waals surface area contributed by atoms with Gasteiger partial charge in [0.05, 0.1) is 5.92 Å². The number of hydrogen-bond acceptors (Lipinski definition) is 3. The fourth-order valence-corrected chi connectivity index (χ4v) is 4.29. The Morgan fingerprint density at radius 3 is 2.52 bits per heavy atom. The molecular weight excluding hydrogens is 310 g/mol. The molecule has 4 heteroatoms. The van der Waals surface area contributed by atoms with Crippen molar-refractivity contribution in [1.29, 1.82) is 0 Å². The van der Waals surface area contributed by atoms with Crippen LogP contribution in [0.4, 0.5) is 0 Å². The molecule has 2 saturated heterocycles. The molecule has 0 aliphatic carbocycles. The summed E-state index contributed by atoms with van der Waals surface area (Å²) in [4.78, 5) is 19.6. The topological polar surface area (TPSA) is 26.8 Å². The molecule has 25 heavy (non-hydrogen) atoms. The zero-order valence-electron chi connectivity index (χ0n) is 15.9. The van der Waals surface area contributed by atoms with Gasteiger partial charge in [-0.1, -0.05) is 30.3 Å². The molecule has 0 aromatic heterocycles. The van der Waals surface area contributed by atoms with Gasteiger partial charge in [-0.2, -0.15) is 0 Å². The van der Waals surface area contributed by atoms with E-state index < -0.39 is 0 Å². The van der Waals surface area contributed by atoms with Crippen LogP contribution in [-0.2, 0) is 11.3 Å². The van der Waals surface area contributed by atoms with Crippen molar-refractivity contribution in [1.82, 2.24) is 14.7 Å². The number of amides is 1. The van der Waals surface area contributed by atoms with E-state index in [9.17, 15) is 4.79 Å². The van der Waals surface area contributed by atoms with Crippen LogP contribution in [0, 0.1) is 5.92 Å². The number of piperidine rings is 2. The van der Waals surface area contributed by atoms with Crippen molar-refractivity contribution in [2.24, 2.45) is 5.92 Å². The second-order valence-electron chi connectivity index (χ2n) is 7.68. The average Bonchev–Trinajstić information content (AvgIpc) is 2.68. The Labute approximate surface area is 152 Å². The quantitative estimate of drug-likeness (QED) is 0.822. The summed E-state index contributed by atoms with van der Waals surface area (Å²) in [6.07, 6.45) is 4.69. The highest BCUT2D eigenvalue weighted by atomic mass is 16.2. The lowest BCUT2D eigenvalue weighted by Gasteiger charge is -2.42. The third-order valence-corrected chi connectivity index (χ3v) is 5.98. The number of benzene rings is 1. The van der Waals surface area contributed by atoms with E-state index in [1.54, 1.807) is 0 Å². The minimum atomic E-state index is 0.209. The fraction of sp³-hybridized carbons (Fsp3) is 0.667. The number of carbonyl (C=O) groups excluding carboxylic acids is 1. The predicted octanol–water partition coefficient (Wildman–Crippen LogP) is 2.84. The normalized spacial score (nSPS) is 23.5. The van der Waals surface area contributed by atoms with Crippen LogP contribution < -0.4 is 0 Å². The summed E-state index contributed by atoms with van der Waals surface area (Å²) >= 11 is 0. The number of nitrogens with zero attached hydrogens (tertiary/aromatic N) is 3. The van der Waals surface area contributed by atoms with E-state index >= 15 is 0 Å². The van der Waals surface area contributed by atoms with Crippen molar-refractivity contribution in [3.8, 4) is 0 Å². The second-order valence-corrected chi connectivity index (χ2v) is 7.68. The molecule has 4 nitrogen and oxygen atoms in total.